The fourth-order valence-electron chi connectivity index (χ4n) is 3.90. The average molecular weight is 388 g/mol. The summed E-state index contributed by atoms with van der Waals surface area (Å²) >= 11 is 0. The second-order valence-corrected chi connectivity index (χ2v) is 7.45. The summed E-state index contributed by atoms with van der Waals surface area (Å²) in [5.41, 5.74) is 4.99. The van der Waals surface area contributed by atoms with E-state index in [0.29, 0.717) is 24.4 Å². The van der Waals surface area contributed by atoms with E-state index in [4.69, 9.17) is 9.15 Å². The predicted molar refractivity (Wildman–Crippen MR) is 106 cm³/mol. The summed E-state index contributed by atoms with van der Waals surface area (Å²) in [5.74, 6) is 0.759. The van der Waals surface area contributed by atoms with E-state index >= 15 is 0 Å². The van der Waals surface area contributed by atoms with Crippen LogP contribution in [0.1, 0.15) is 38.4 Å². The lowest BCUT2D eigenvalue weighted by atomic mass is 10.1. The van der Waals surface area contributed by atoms with Gasteiger partial charge in [0.1, 0.15) is 18.6 Å². The Morgan fingerprint density at radius 3 is 2.55 bits per heavy atom. The van der Waals surface area contributed by atoms with Crippen LogP contribution in [0.2, 0.25) is 0 Å². The molecular formula is C23H20N2O4. The summed E-state index contributed by atoms with van der Waals surface area (Å²) in [6.45, 7) is 3.06. The number of nitrogens with zero attached hydrogens (tertiary/aromatic N) is 1. The van der Waals surface area contributed by atoms with Gasteiger partial charge in [0, 0.05) is 31.3 Å². The first kappa shape index (κ1) is 17.7. The highest BCUT2D eigenvalue weighted by atomic mass is 16.5. The molecule has 1 amide bonds. The topological polar surface area (TPSA) is 71.8 Å². The second kappa shape index (κ2) is 7.22. The number of fused-ring (bicyclic) bond motifs is 2. The largest absolute Gasteiger partial charge is 0.482 e. The Labute approximate surface area is 167 Å². The molecule has 5 rings (SSSR count). The molecule has 2 aromatic carbocycles. The van der Waals surface area contributed by atoms with Crippen molar-refractivity contribution < 1.29 is 13.9 Å². The lowest BCUT2D eigenvalue weighted by Crippen LogP contribution is -2.17. The molecule has 1 N–H and O–H groups in total. The van der Waals surface area contributed by atoms with Crippen molar-refractivity contribution in [2.75, 3.05) is 0 Å². The Morgan fingerprint density at radius 2 is 1.79 bits per heavy atom. The highest BCUT2D eigenvalue weighted by Crippen LogP contribution is 2.24. The van der Waals surface area contributed by atoms with Gasteiger partial charge in [-0.15, -0.1) is 0 Å². The number of benzene rings is 2. The summed E-state index contributed by atoms with van der Waals surface area (Å²) in [5, 5.41) is 2.79. The van der Waals surface area contributed by atoms with Crippen LogP contribution in [0.4, 0.5) is 0 Å². The van der Waals surface area contributed by atoms with E-state index in [-0.39, 0.29) is 23.7 Å². The molecule has 0 bridgehead atoms. The van der Waals surface area contributed by atoms with Crippen molar-refractivity contribution in [3.05, 3.63) is 98.6 Å². The third kappa shape index (κ3) is 3.54. The van der Waals surface area contributed by atoms with Crippen LogP contribution in [0.3, 0.4) is 0 Å². The molecule has 0 aliphatic carbocycles. The maximum absolute atomic E-state index is 12.4. The van der Waals surface area contributed by atoms with Gasteiger partial charge in [-0.25, -0.2) is 0 Å². The van der Waals surface area contributed by atoms with Crippen LogP contribution >= 0.6 is 0 Å². The van der Waals surface area contributed by atoms with Crippen molar-refractivity contribution in [3.8, 4) is 5.75 Å². The van der Waals surface area contributed by atoms with Gasteiger partial charge in [0.25, 0.3) is 5.91 Å². The minimum atomic E-state index is -0.194. The summed E-state index contributed by atoms with van der Waals surface area (Å²) in [4.78, 5) is 26.3. The molecular weight excluding hydrogens is 368 g/mol. The van der Waals surface area contributed by atoms with E-state index in [1.807, 2.05) is 24.3 Å². The van der Waals surface area contributed by atoms with Crippen LogP contribution in [0.25, 0.3) is 0 Å². The van der Waals surface area contributed by atoms with Crippen molar-refractivity contribution in [1.82, 2.24) is 10.2 Å². The molecule has 0 spiro atoms. The van der Waals surface area contributed by atoms with Crippen LogP contribution in [-0.4, -0.2) is 10.8 Å². The first-order valence-electron chi connectivity index (χ1n) is 9.59. The van der Waals surface area contributed by atoms with E-state index in [2.05, 4.69) is 22.3 Å². The zero-order chi connectivity index (χ0) is 19.8. The summed E-state index contributed by atoms with van der Waals surface area (Å²) in [6, 6.07) is 15.4. The lowest BCUT2D eigenvalue weighted by molar-refractivity contribution is 0.0965. The van der Waals surface area contributed by atoms with E-state index < -0.39 is 0 Å². The zero-order valence-electron chi connectivity index (χ0n) is 15.8. The van der Waals surface area contributed by atoms with Gasteiger partial charge in [-0.1, -0.05) is 30.3 Å². The molecule has 0 unspecified atom stereocenters. The maximum atomic E-state index is 12.4. The summed E-state index contributed by atoms with van der Waals surface area (Å²) in [7, 11) is 0. The van der Waals surface area contributed by atoms with Crippen LogP contribution in [0, 0.1) is 0 Å². The molecule has 2 aliphatic rings. The number of carbonyl (C=O) groups excluding carboxylic acids is 1. The van der Waals surface area contributed by atoms with Gasteiger partial charge in [-0.05, 0) is 34.4 Å². The summed E-state index contributed by atoms with van der Waals surface area (Å²) in [6.07, 6.45) is 1.39. The third-order valence-electron chi connectivity index (χ3n) is 5.39. The molecule has 6 nitrogen and oxygen atoms in total. The molecule has 6 heteroatoms. The van der Waals surface area contributed by atoms with E-state index in [1.54, 1.807) is 6.07 Å². The predicted octanol–water partition coefficient (Wildman–Crippen LogP) is 2.98. The highest BCUT2D eigenvalue weighted by molar-refractivity contribution is 5.98. The van der Waals surface area contributed by atoms with Gasteiger partial charge in [0.05, 0.1) is 6.54 Å². The molecule has 29 heavy (non-hydrogen) atoms. The molecule has 3 aromatic rings. The first-order valence-corrected chi connectivity index (χ1v) is 9.59. The Morgan fingerprint density at radius 1 is 1.00 bits per heavy atom. The normalized spacial score (nSPS) is 15.1. The fourth-order valence-corrected chi connectivity index (χ4v) is 3.90. The van der Waals surface area contributed by atoms with E-state index in [1.165, 1.54) is 23.5 Å². The van der Waals surface area contributed by atoms with Gasteiger partial charge < -0.3 is 14.5 Å². The lowest BCUT2D eigenvalue weighted by Gasteiger charge is -2.14. The zero-order valence-corrected chi connectivity index (χ0v) is 15.8. The summed E-state index contributed by atoms with van der Waals surface area (Å²) < 4.78 is 11.3. The highest BCUT2D eigenvalue weighted by Gasteiger charge is 2.20. The molecule has 3 heterocycles. The van der Waals surface area contributed by atoms with Gasteiger partial charge in [-0.3, -0.25) is 14.5 Å². The molecule has 1 aromatic heterocycles. The van der Waals surface area contributed by atoms with Crippen LogP contribution in [0.5, 0.6) is 5.75 Å². The first-order chi connectivity index (χ1) is 14.2. The molecule has 0 fully saturated rings. The second-order valence-electron chi connectivity index (χ2n) is 7.45. The Hall–Kier alpha value is -3.38. The van der Waals surface area contributed by atoms with Crippen molar-refractivity contribution in [2.45, 2.75) is 32.8 Å². The van der Waals surface area contributed by atoms with Gasteiger partial charge in [0.2, 0.25) is 11.2 Å². The third-order valence-corrected chi connectivity index (χ3v) is 5.39. The van der Waals surface area contributed by atoms with Gasteiger partial charge in [-0.2, -0.15) is 0 Å². The van der Waals surface area contributed by atoms with Crippen molar-refractivity contribution in [2.24, 2.45) is 0 Å². The van der Waals surface area contributed by atoms with Crippen LogP contribution in [0.15, 0.2) is 64.0 Å². The Balaban J connectivity index is 1.23. The fraction of sp³-hybridized carbons (Fsp3) is 0.217. The van der Waals surface area contributed by atoms with Crippen molar-refractivity contribution in [3.63, 3.8) is 0 Å². The molecule has 0 atom stereocenters. The number of rotatable bonds is 5. The van der Waals surface area contributed by atoms with E-state index in [0.717, 1.165) is 24.2 Å². The van der Waals surface area contributed by atoms with Crippen molar-refractivity contribution in [1.29, 1.82) is 0 Å². The smallest absolute Gasteiger partial charge is 0.251 e. The van der Waals surface area contributed by atoms with Gasteiger partial charge in [0.15, 0.2) is 0 Å². The number of carbonyl (C=O) groups is 1. The minimum absolute atomic E-state index is 0.0511. The van der Waals surface area contributed by atoms with Gasteiger partial charge >= 0.3 is 0 Å². The number of hydrogen-bond donors (Lipinski definition) is 1. The van der Waals surface area contributed by atoms with Crippen molar-refractivity contribution >= 4 is 5.91 Å². The molecule has 0 radical (unpaired) electrons. The standard InChI is InChI=1S/C23H20N2O4/c26-21-8-19(12-25-10-16-3-1-2-4-17(16)11-25)28-14-22(21)29-13-15-5-6-20-18(7-15)9-24-23(20)27/h1-8,14H,9-13H2,(H,24,27). The van der Waals surface area contributed by atoms with Crippen LogP contribution < -0.4 is 15.5 Å². The number of amides is 1. The maximum Gasteiger partial charge on any atom is 0.251 e. The number of hydrogen-bond acceptors (Lipinski definition) is 5. The molecule has 146 valence electrons. The minimum Gasteiger partial charge on any atom is -0.482 e. The Kier molecular flexibility index (Phi) is 4.41. The number of ether oxygens (including phenoxy) is 1. The van der Waals surface area contributed by atoms with Crippen LogP contribution in [-0.2, 0) is 32.8 Å². The molecule has 0 saturated heterocycles. The Bertz CT molecular complexity index is 1130. The quantitative estimate of drug-likeness (QED) is 0.728. The molecule has 2 aliphatic heterocycles. The molecule has 0 saturated carbocycles. The SMILES string of the molecule is O=C1NCc2cc(COc3coc(CN4Cc5ccccc5C4)cc3=O)ccc21. The number of nitrogens with one attached hydrogen (secondary N) is 1. The average Bonchev–Trinajstić information content (AvgIpc) is 3.30. The monoisotopic (exact) mass is 388 g/mol. The van der Waals surface area contributed by atoms with E-state index in [9.17, 15) is 9.59 Å².